The van der Waals surface area contributed by atoms with Gasteiger partial charge in [-0.3, -0.25) is 4.98 Å². The Morgan fingerprint density at radius 3 is 2.70 bits per heavy atom. The van der Waals surface area contributed by atoms with Crippen molar-refractivity contribution in [3.8, 4) is 0 Å². The molecule has 0 aliphatic heterocycles. The van der Waals surface area contributed by atoms with Crippen LogP contribution in [0.5, 0.6) is 0 Å². The van der Waals surface area contributed by atoms with E-state index in [1.165, 1.54) is 18.2 Å². The van der Waals surface area contributed by atoms with Gasteiger partial charge in [-0.1, -0.05) is 29.8 Å². The number of fused-ring (bicyclic) bond motifs is 1. The maximum atomic E-state index is 13.4. The Hall–Kier alpha value is -1.97. The van der Waals surface area contributed by atoms with E-state index in [0.29, 0.717) is 10.6 Å². The van der Waals surface area contributed by atoms with Crippen molar-refractivity contribution in [1.29, 1.82) is 0 Å². The van der Waals surface area contributed by atoms with Crippen LogP contribution in [0.25, 0.3) is 10.9 Å². The third kappa shape index (κ3) is 2.26. The van der Waals surface area contributed by atoms with Crippen molar-refractivity contribution >= 4 is 22.5 Å². The van der Waals surface area contributed by atoms with Gasteiger partial charge in [0.15, 0.2) is 0 Å². The van der Waals surface area contributed by atoms with E-state index in [1.807, 2.05) is 30.3 Å². The summed E-state index contributed by atoms with van der Waals surface area (Å²) in [5.74, 6) is -0.349. The van der Waals surface area contributed by atoms with Gasteiger partial charge in [-0.05, 0) is 41.5 Å². The first kappa shape index (κ1) is 13.0. The molecule has 1 unspecified atom stereocenters. The van der Waals surface area contributed by atoms with Crippen LogP contribution in [-0.2, 0) is 0 Å². The van der Waals surface area contributed by atoms with Crippen molar-refractivity contribution in [1.82, 2.24) is 4.98 Å². The highest BCUT2D eigenvalue weighted by Gasteiger charge is 2.16. The number of nitrogens with two attached hydrogens (primary N) is 1. The van der Waals surface area contributed by atoms with Gasteiger partial charge in [0.2, 0.25) is 0 Å². The maximum Gasteiger partial charge on any atom is 0.123 e. The fourth-order valence-electron chi connectivity index (χ4n) is 2.31. The molecule has 0 fully saturated rings. The lowest BCUT2D eigenvalue weighted by Gasteiger charge is -2.16. The summed E-state index contributed by atoms with van der Waals surface area (Å²) in [6.07, 6.45) is 1.70. The van der Waals surface area contributed by atoms with Crippen LogP contribution < -0.4 is 5.73 Å². The summed E-state index contributed by atoms with van der Waals surface area (Å²) in [4.78, 5) is 4.30. The lowest BCUT2D eigenvalue weighted by Crippen LogP contribution is -2.13. The van der Waals surface area contributed by atoms with Gasteiger partial charge in [0.05, 0.1) is 11.6 Å². The monoisotopic (exact) mass is 286 g/mol. The second-order valence-corrected chi connectivity index (χ2v) is 4.97. The van der Waals surface area contributed by atoms with Crippen LogP contribution in [0.15, 0.2) is 54.7 Å². The Morgan fingerprint density at radius 2 is 1.85 bits per heavy atom. The molecule has 1 aromatic heterocycles. The number of rotatable bonds is 2. The van der Waals surface area contributed by atoms with Crippen molar-refractivity contribution in [2.24, 2.45) is 5.73 Å². The van der Waals surface area contributed by atoms with Gasteiger partial charge in [-0.25, -0.2) is 4.39 Å². The number of hydrogen-bond acceptors (Lipinski definition) is 2. The molecule has 100 valence electrons. The summed E-state index contributed by atoms with van der Waals surface area (Å²) in [5, 5.41) is 1.41. The summed E-state index contributed by atoms with van der Waals surface area (Å²) in [6.45, 7) is 0. The molecular weight excluding hydrogens is 275 g/mol. The quantitative estimate of drug-likeness (QED) is 0.771. The highest BCUT2D eigenvalue weighted by atomic mass is 35.5. The van der Waals surface area contributed by atoms with E-state index < -0.39 is 6.04 Å². The van der Waals surface area contributed by atoms with Crippen LogP contribution in [0.2, 0.25) is 5.02 Å². The number of hydrogen-bond donors (Lipinski definition) is 1. The second kappa shape index (κ2) is 5.19. The maximum absolute atomic E-state index is 13.4. The zero-order chi connectivity index (χ0) is 14.1. The Balaban J connectivity index is 2.17. The van der Waals surface area contributed by atoms with E-state index in [0.717, 1.165) is 16.5 Å². The predicted octanol–water partition coefficient (Wildman–Crippen LogP) is 4.08. The van der Waals surface area contributed by atoms with Crippen molar-refractivity contribution < 1.29 is 4.39 Å². The van der Waals surface area contributed by atoms with E-state index in [-0.39, 0.29) is 5.82 Å². The van der Waals surface area contributed by atoms with Gasteiger partial charge in [-0.2, -0.15) is 0 Å². The number of para-hydroxylation sites is 1. The molecule has 2 aromatic carbocycles. The molecule has 20 heavy (non-hydrogen) atoms. The molecule has 1 heterocycles. The third-order valence-electron chi connectivity index (χ3n) is 3.31. The van der Waals surface area contributed by atoms with Crippen molar-refractivity contribution in [3.63, 3.8) is 0 Å². The Morgan fingerprint density at radius 1 is 1.05 bits per heavy atom. The minimum atomic E-state index is -0.494. The number of nitrogens with zero attached hydrogens (tertiary/aromatic N) is 1. The molecule has 0 aliphatic carbocycles. The Labute approximate surface area is 121 Å². The number of aromatic nitrogens is 1. The van der Waals surface area contributed by atoms with Crippen molar-refractivity contribution in [3.05, 3.63) is 76.7 Å². The molecule has 0 saturated heterocycles. The van der Waals surface area contributed by atoms with Gasteiger partial charge in [-0.15, -0.1) is 0 Å². The molecule has 4 heteroatoms. The predicted molar refractivity (Wildman–Crippen MR) is 79.2 cm³/mol. The van der Waals surface area contributed by atoms with Gasteiger partial charge in [0.1, 0.15) is 5.82 Å². The highest BCUT2D eigenvalue weighted by Crippen LogP contribution is 2.30. The highest BCUT2D eigenvalue weighted by molar-refractivity contribution is 6.31. The first-order valence-corrected chi connectivity index (χ1v) is 6.59. The largest absolute Gasteiger partial charge is 0.320 e. The lowest BCUT2D eigenvalue weighted by atomic mass is 9.96. The minimum absolute atomic E-state index is 0.349. The number of halogens is 2. The Kier molecular flexibility index (Phi) is 3.38. The molecule has 1 atom stereocenters. The molecule has 0 aliphatic rings. The topological polar surface area (TPSA) is 38.9 Å². The van der Waals surface area contributed by atoms with Gasteiger partial charge in [0.25, 0.3) is 0 Å². The van der Waals surface area contributed by atoms with Gasteiger partial charge in [0, 0.05) is 16.6 Å². The van der Waals surface area contributed by atoms with E-state index in [9.17, 15) is 4.39 Å². The molecule has 0 radical (unpaired) electrons. The SMILES string of the molecule is NC(c1cc(F)ccc1Cl)c1ccnc2ccccc12. The van der Waals surface area contributed by atoms with Crippen molar-refractivity contribution in [2.45, 2.75) is 6.04 Å². The molecule has 0 spiro atoms. The zero-order valence-electron chi connectivity index (χ0n) is 10.6. The molecule has 0 amide bonds. The van der Waals surface area contributed by atoms with Crippen LogP contribution >= 0.6 is 11.6 Å². The van der Waals surface area contributed by atoms with Gasteiger partial charge < -0.3 is 5.73 Å². The van der Waals surface area contributed by atoms with Crippen LogP contribution in [0.4, 0.5) is 4.39 Å². The summed E-state index contributed by atoms with van der Waals surface area (Å²) >= 11 is 6.13. The zero-order valence-corrected chi connectivity index (χ0v) is 11.3. The fourth-order valence-corrected chi connectivity index (χ4v) is 2.54. The molecule has 2 N–H and O–H groups in total. The van der Waals surface area contributed by atoms with E-state index in [1.54, 1.807) is 6.20 Å². The molecule has 0 bridgehead atoms. The van der Waals surface area contributed by atoms with Crippen LogP contribution in [-0.4, -0.2) is 4.98 Å². The first-order chi connectivity index (χ1) is 9.66. The lowest BCUT2D eigenvalue weighted by molar-refractivity contribution is 0.623. The minimum Gasteiger partial charge on any atom is -0.320 e. The standard InChI is InChI=1S/C16H12ClFN2/c17-14-6-5-10(18)9-13(14)16(19)12-7-8-20-15-4-2-1-3-11(12)15/h1-9,16H,19H2. The summed E-state index contributed by atoms with van der Waals surface area (Å²) < 4.78 is 13.4. The molecule has 2 nitrogen and oxygen atoms in total. The Bertz CT molecular complexity index is 768. The molecule has 0 saturated carbocycles. The van der Waals surface area contributed by atoms with Gasteiger partial charge >= 0.3 is 0 Å². The van der Waals surface area contributed by atoms with E-state index >= 15 is 0 Å². The van der Waals surface area contributed by atoms with Crippen LogP contribution in [0, 0.1) is 5.82 Å². The molecule has 3 rings (SSSR count). The fraction of sp³-hybridized carbons (Fsp3) is 0.0625. The second-order valence-electron chi connectivity index (χ2n) is 4.56. The van der Waals surface area contributed by atoms with E-state index in [2.05, 4.69) is 4.98 Å². The number of pyridine rings is 1. The number of benzene rings is 2. The molecule has 3 aromatic rings. The van der Waals surface area contributed by atoms with Crippen LogP contribution in [0.1, 0.15) is 17.2 Å². The molecular formula is C16H12ClFN2. The average Bonchev–Trinajstić information content (AvgIpc) is 2.48. The van der Waals surface area contributed by atoms with Crippen molar-refractivity contribution in [2.75, 3.05) is 0 Å². The summed E-state index contributed by atoms with van der Waals surface area (Å²) in [7, 11) is 0. The average molecular weight is 287 g/mol. The summed E-state index contributed by atoms with van der Waals surface area (Å²) in [5.41, 5.74) is 8.58. The normalized spacial score (nSPS) is 12.6. The first-order valence-electron chi connectivity index (χ1n) is 6.21. The van der Waals surface area contributed by atoms with E-state index in [4.69, 9.17) is 17.3 Å². The summed E-state index contributed by atoms with van der Waals surface area (Å²) in [6, 6.07) is 13.3. The smallest absolute Gasteiger partial charge is 0.123 e. The third-order valence-corrected chi connectivity index (χ3v) is 3.66. The van der Waals surface area contributed by atoms with Crippen LogP contribution in [0.3, 0.4) is 0 Å².